The summed E-state index contributed by atoms with van der Waals surface area (Å²) in [6.45, 7) is 4.21. The van der Waals surface area contributed by atoms with Gasteiger partial charge >= 0.3 is 6.18 Å². The number of hydrogen-bond donors (Lipinski definition) is 2. The van der Waals surface area contributed by atoms with Crippen LogP contribution in [-0.2, 0) is 29.0 Å². The number of nitriles is 1. The summed E-state index contributed by atoms with van der Waals surface area (Å²) in [6.07, 6.45) is -1.67. The van der Waals surface area contributed by atoms with Crippen molar-refractivity contribution in [3.8, 4) is 22.9 Å². The Balaban J connectivity index is 1.54. The molecule has 55 heavy (non-hydrogen) atoms. The molecule has 0 aliphatic carbocycles. The molecule has 2 N–H and O–H groups in total. The van der Waals surface area contributed by atoms with Crippen LogP contribution < -0.4 is 10.0 Å². The van der Waals surface area contributed by atoms with Gasteiger partial charge in [-0.3, -0.25) is 9.59 Å². The van der Waals surface area contributed by atoms with E-state index in [1.54, 1.807) is 18.2 Å². The van der Waals surface area contributed by atoms with E-state index in [2.05, 4.69) is 10.4 Å². The molecule has 0 unspecified atom stereocenters. The van der Waals surface area contributed by atoms with Gasteiger partial charge in [-0.15, -0.1) is 0 Å². The van der Waals surface area contributed by atoms with Crippen molar-refractivity contribution >= 4 is 33.4 Å². The highest BCUT2D eigenvalue weighted by atomic mass is 35.5. The van der Waals surface area contributed by atoms with Crippen LogP contribution in [0.25, 0.3) is 16.8 Å². The van der Waals surface area contributed by atoms with Gasteiger partial charge in [0.05, 0.1) is 27.4 Å². The summed E-state index contributed by atoms with van der Waals surface area (Å²) >= 11 is 6.78. The van der Waals surface area contributed by atoms with Gasteiger partial charge < -0.3 is 5.32 Å². The second-order valence-corrected chi connectivity index (χ2v) is 14.7. The standard InChI is InChI=1S/C40H36ClF4N5O4S/c1-3-5-14-34-30(36(24-46)50(48-34)35-23-27(38(51)47-20-6-4-2)18-19-31(35)40(43,44)45)21-26-17-16-25(22-32(26)41)28-11-8-10-15-37(28)55(53,54)49-39(52)29-12-7-9-13-33(29)42/h7-13,15-19,22-23H,3-6,14,20-21H2,1-2H3,(H,47,51)(H,49,52). The van der Waals surface area contributed by atoms with E-state index in [9.17, 15) is 40.8 Å². The van der Waals surface area contributed by atoms with Crippen molar-refractivity contribution in [1.82, 2.24) is 19.8 Å². The van der Waals surface area contributed by atoms with Gasteiger partial charge in [0, 0.05) is 34.7 Å². The second-order valence-electron chi connectivity index (χ2n) is 12.6. The van der Waals surface area contributed by atoms with Crippen LogP contribution in [0.1, 0.15) is 88.3 Å². The van der Waals surface area contributed by atoms with Gasteiger partial charge in [-0.05, 0) is 72.9 Å². The summed E-state index contributed by atoms with van der Waals surface area (Å²) in [4.78, 5) is 25.3. The number of nitrogens with one attached hydrogen (secondary N) is 2. The van der Waals surface area contributed by atoms with Crippen molar-refractivity contribution in [2.75, 3.05) is 6.54 Å². The van der Waals surface area contributed by atoms with E-state index < -0.39 is 50.6 Å². The molecular weight excluding hydrogens is 758 g/mol. The zero-order valence-corrected chi connectivity index (χ0v) is 31.4. The van der Waals surface area contributed by atoms with Crippen LogP contribution in [0.4, 0.5) is 17.6 Å². The van der Waals surface area contributed by atoms with E-state index in [1.165, 1.54) is 36.4 Å². The van der Waals surface area contributed by atoms with Gasteiger partial charge in [0.25, 0.3) is 21.8 Å². The number of nitrogens with zero attached hydrogens (tertiary/aromatic N) is 3. The van der Waals surface area contributed by atoms with Gasteiger partial charge in [0.2, 0.25) is 0 Å². The number of aromatic nitrogens is 2. The highest BCUT2D eigenvalue weighted by molar-refractivity contribution is 7.90. The molecule has 0 fully saturated rings. The molecule has 0 aliphatic rings. The summed E-state index contributed by atoms with van der Waals surface area (Å²) in [7, 11) is -4.51. The highest BCUT2D eigenvalue weighted by Crippen LogP contribution is 2.37. The lowest BCUT2D eigenvalue weighted by Crippen LogP contribution is -2.31. The molecule has 0 aliphatic heterocycles. The lowest BCUT2D eigenvalue weighted by Gasteiger charge is -2.15. The molecule has 0 bridgehead atoms. The fourth-order valence-corrected chi connectivity index (χ4v) is 7.39. The number of unbranched alkanes of at least 4 members (excludes halogenated alkanes) is 2. The Morgan fingerprint density at radius 1 is 0.927 bits per heavy atom. The predicted molar refractivity (Wildman–Crippen MR) is 200 cm³/mol. The number of halogens is 5. The van der Waals surface area contributed by atoms with Crippen LogP contribution in [0.3, 0.4) is 0 Å². The molecule has 1 heterocycles. The van der Waals surface area contributed by atoms with Gasteiger partial charge in [-0.25, -0.2) is 22.2 Å². The molecule has 0 saturated carbocycles. The Bertz CT molecular complexity index is 2390. The van der Waals surface area contributed by atoms with Gasteiger partial charge in [-0.1, -0.05) is 80.8 Å². The summed E-state index contributed by atoms with van der Waals surface area (Å²) < 4.78 is 87.0. The summed E-state index contributed by atoms with van der Waals surface area (Å²) in [5.74, 6) is -2.61. The lowest BCUT2D eigenvalue weighted by atomic mass is 9.97. The molecule has 0 spiro atoms. The van der Waals surface area contributed by atoms with Crippen LogP contribution in [0.15, 0.2) is 89.8 Å². The first-order valence-electron chi connectivity index (χ1n) is 17.4. The quantitative estimate of drug-likeness (QED) is 0.0853. The first-order valence-corrected chi connectivity index (χ1v) is 19.3. The Morgan fingerprint density at radius 3 is 2.31 bits per heavy atom. The van der Waals surface area contributed by atoms with Crippen LogP contribution in [-0.4, -0.2) is 36.6 Å². The SMILES string of the molecule is CCCCNC(=O)c1ccc(C(F)(F)F)c(-n2nc(CCCC)c(Cc3ccc(-c4ccccc4S(=O)(=O)NC(=O)c4ccccc4F)cc3Cl)c2C#N)c1. The molecule has 0 radical (unpaired) electrons. The van der Waals surface area contributed by atoms with Crippen molar-refractivity contribution in [3.05, 3.63) is 135 Å². The Labute approximate surface area is 321 Å². The minimum absolute atomic E-state index is 0.0156. The number of benzene rings is 4. The number of alkyl halides is 3. The van der Waals surface area contributed by atoms with Gasteiger partial charge in [-0.2, -0.15) is 23.5 Å². The predicted octanol–water partition coefficient (Wildman–Crippen LogP) is 8.80. The Kier molecular flexibility index (Phi) is 12.8. The number of aryl methyl sites for hydroxylation is 1. The Hall–Kier alpha value is -5.52. The molecule has 4 aromatic carbocycles. The highest BCUT2D eigenvalue weighted by Gasteiger charge is 2.36. The molecule has 0 atom stereocenters. The average molecular weight is 794 g/mol. The maximum Gasteiger partial charge on any atom is 0.418 e. The topological polar surface area (TPSA) is 134 Å². The first-order chi connectivity index (χ1) is 26.2. The van der Waals surface area contributed by atoms with Crippen LogP contribution >= 0.6 is 11.6 Å². The maximum absolute atomic E-state index is 14.4. The third-order valence-electron chi connectivity index (χ3n) is 8.80. The maximum atomic E-state index is 14.4. The lowest BCUT2D eigenvalue weighted by molar-refractivity contribution is -0.137. The van der Waals surface area contributed by atoms with E-state index in [0.717, 1.165) is 47.9 Å². The molecular formula is C40H36ClF4N5O4S. The fraction of sp³-hybridized carbons (Fsp3) is 0.250. The largest absolute Gasteiger partial charge is 0.418 e. The number of amides is 2. The molecule has 5 rings (SSSR count). The summed E-state index contributed by atoms with van der Waals surface area (Å²) in [5.41, 5.74) is -0.482. The van der Waals surface area contributed by atoms with Crippen LogP contribution in [0.2, 0.25) is 5.02 Å². The summed E-state index contributed by atoms with van der Waals surface area (Å²) in [5, 5.41) is 17.8. The van der Waals surface area contributed by atoms with Crippen LogP contribution in [0.5, 0.6) is 0 Å². The van der Waals surface area contributed by atoms with Crippen molar-refractivity contribution in [1.29, 1.82) is 5.26 Å². The molecule has 0 saturated heterocycles. The Morgan fingerprint density at radius 2 is 1.64 bits per heavy atom. The molecule has 2 amide bonds. The summed E-state index contributed by atoms with van der Waals surface area (Å²) in [6, 6.07) is 20.4. The molecule has 1 aromatic heterocycles. The third kappa shape index (κ3) is 9.24. The first kappa shape index (κ1) is 40.7. The molecule has 286 valence electrons. The van der Waals surface area contributed by atoms with Crippen molar-refractivity contribution in [2.24, 2.45) is 0 Å². The van der Waals surface area contributed by atoms with Crippen LogP contribution in [0, 0.1) is 17.1 Å². The number of hydrogen-bond acceptors (Lipinski definition) is 6. The van der Waals surface area contributed by atoms with Crippen molar-refractivity contribution in [2.45, 2.75) is 63.4 Å². The number of carbonyl (C=O) groups is 2. The molecule has 5 aromatic rings. The number of rotatable bonds is 14. The van der Waals surface area contributed by atoms with E-state index >= 15 is 0 Å². The average Bonchev–Trinajstić information content (AvgIpc) is 3.50. The van der Waals surface area contributed by atoms with Gasteiger partial charge in [0.1, 0.15) is 17.6 Å². The third-order valence-corrected chi connectivity index (χ3v) is 10.5. The minimum Gasteiger partial charge on any atom is -0.352 e. The number of sulfonamides is 1. The smallest absolute Gasteiger partial charge is 0.352 e. The second kappa shape index (κ2) is 17.3. The van der Waals surface area contributed by atoms with E-state index in [0.29, 0.717) is 48.2 Å². The van der Waals surface area contributed by atoms with Gasteiger partial charge in [0.15, 0.2) is 0 Å². The van der Waals surface area contributed by atoms with Crippen molar-refractivity contribution < 1.29 is 35.6 Å². The fourth-order valence-electron chi connectivity index (χ4n) is 5.95. The van der Waals surface area contributed by atoms with E-state index in [4.69, 9.17) is 11.6 Å². The molecule has 15 heteroatoms. The van der Waals surface area contributed by atoms with E-state index in [-0.39, 0.29) is 33.2 Å². The number of carbonyl (C=O) groups excluding carboxylic acids is 2. The minimum atomic E-state index is -4.83. The molecule has 9 nitrogen and oxygen atoms in total. The zero-order chi connectivity index (χ0) is 39.9. The normalized spacial score (nSPS) is 11.6. The van der Waals surface area contributed by atoms with Crippen molar-refractivity contribution in [3.63, 3.8) is 0 Å². The van der Waals surface area contributed by atoms with E-state index in [1.807, 2.05) is 24.6 Å². The zero-order valence-electron chi connectivity index (χ0n) is 29.8. The monoisotopic (exact) mass is 793 g/mol.